The molecule has 0 radical (unpaired) electrons. The average molecular weight is 171 g/mol. The van der Waals surface area contributed by atoms with Crippen molar-refractivity contribution >= 4 is 11.3 Å². The van der Waals surface area contributed by atoms with E-state index in [0.29, 0.717) is 0 Å². The van der Waals surface area contributed by atoms with Crippen molar-refractivity contribution in [3.63, 3.8) is 0 Å². The average Bonchev–Trinajstić information content (AvgIpc) is 2.50. The summed E-state index contributed by atoms with van der Waals surface area (Å²) in [4.78, 5) is 4.01. The summed E-state index contributed by atoms with van der Waals surface area (Å²) in [6.45, 7) is 2.99. The number of nitrogens with zero attached hydrogens (tertiary/aromatic N) is 1. The summed E-state index contributed by atoms with van der Waals surface area (Å²) in [5, 5.41) is 2.72. The van der Waals surface area contributed by atoms with Crippen LogP contribution in [0, 0.1) is 0 Å². The van der Waals surface area contributed by atoms with E-state index in [1.54, 1.807) is 17.5 Å². The number of thiazole rings is 1. The Morgan fingerprint density at radius 1 is 1.55 bits per heavy atom. The third kappa shape index (κ3) is 3.37. The second kappa shape index (κ2) is 5.13. The lowest BCUT2D eigenvalue weighted by Gasteiger charge is -1.99. The zero-order valence-electron chi connectivity index (χ0n) is 6.75. The second-order valence-electron chi connectivity index (χ2n) is 2.35. The topological polar surface area (TPSA) is 22.1 Å². The van der Waals surface area contributed by atoms with Gasteiger partial charge in [-0.15, -0.1) is 0 Å². The van der Waals surface area contributed by atoms with E-state index in [4.69, 9.17) is 4.74 Å². The number of unbranched alkanes of at least 4 members (excludes halogenated alkanes) is 2. The molecule has 0 atom stereocenters. The molecule has 1 aromatic heterocycles. The highest BCUT2D eigenvalue weighted by molar-refractivity contribution is 7.11. The lowest BCUT2D eigenvalue weighted by Crippen LogP contribution is -1.95. The monoisotopic (exact) mass is 171 g/mol. The van der Waals surface area contributed by atoms with Gasteiger partial charge in [-0.3, -0.25) is 0 Å². The fraction of sp³-hybridized carbons (Fsp3) is 0.625. The molecule has 2 nitrogen and oxygen atoms in total. The number of ether oxygens (including phenoxy) is 1. The normalized spacial score (nSPS) is 9.91. The summed E-state index contributed by atoms with van der Waals surface area (Å²) in [6, 6.07) is 0. The van der Waals surface area contributed by atoms with Crippen molar-refractivity contribution < 1.29 is 4.74 Å². The summed E-state index contributed by atoms with van der Waals surface area (Å²) < 4.78 is 5.36. The van der Waals surface area contributed by atoms with Gasteiger partial charge in [0.1, 0.15) is 0 Å². The largest absolute Gasteiger partial charge is 0.470 e. The Hall–Kier alpha value is -0.570. The van der Waals surface area contributed by atoms with Crippen molar-refractivity contribution in [3.05, 3.63) is 11.6 Å². The molecule has 0 amide bonds. The molecule has 0 unspecified atom stereocenters. The first-order valence-electron chi connectivity index (χ1n) is 3.95. The van der Waals surface area contributed by atoms with Crippen LogP contribution in [0.2, 0.25) is 0 Å². The van der Waals surface area contributed by atoms with Crippen molar-refractivity contribution in [2.24, 2.45) is 0 Å². The Labute approximate surface area is 71.2 Å². The Morgan fingerprint density at radius 3 is 3.09 bits per heavy atom. The molecule has 0 spiro atoms. The molecule has 3 heteroatoms. The molecule has 0 bridgehead atoms. The van der Waals surface area contributed by atoms with Crippen LogP contribution < -0.4 is 4.74 Å². The highest BCUT2D eigenvalue weighted by Crippen LogP contribution is 2.13. The maximum Gasteiger partial charge on any atom is 0.273 e. The maximum atomic E-state index is 5.36. The van der Waals surface area contributed by atoms with Crippen LogP contribution in [-0.2, 0) is 0 Å². The van der Waals surface area contributed by atoms with Gasteiger partial charge in [0.2, 0.25) is 0 Å². The van der Waals surface area contributed by atoms with E-state index in [1.165, 1.54) is 12.8 Å². The zero-order chi connectivity index (χ0) is 7.94. The third-order valence-corrected chi connectivity index (χ3v) is 2.07. The van der Waals surface area contributed by atoms with Gasteiger partial charge in [0.25, 0.3) is 5.19 Å². The van der Waals surface area contributed by atoms with Gasteiger partial charge in [-0.2, -0.15) is 0 Å². The molecule has 1 aromatic rings. The summed E-state index contributed by atoms with van der Waals surface area (Å²) in [6.07, 6.45) is 5.38. The van der Waals surface area contributed by atoms with Gasteiger partial charge in [0.15, 0.2) is 0 Å². The van der Waals surface area contributed by atoms with Crippen LogP contribution in [0.1, 0.15) is 26.2 Å². The van der Waals surface area contributed by atoms with Crippen molar-refractivity contribution in [1.82, 2.24) is 4.98 Å². The molecule has 0 aromatic carbocycles. The number of hydrogen-bond acceptors (Lipinski definition) is 3. The van der Waals surface area contributed by atoms with Crippen LogP contribution in [0.4, 0.5) is 0 Å². The standard InChI is InChI=1S/C8H13NOS/c1-2-3-4-6-10-8-9-5-7-11-8/h5,7H,2-4,6H2,1H3. The van der Waals surface area contributed by atoms with Gasteiger partial charge in [0, 0.05) is 11.6 Å². The third-order valence-electron chi connectivity index (χ3n) is 1.38. The molecule has 0 N–H and O–H groups in total. The van der Waals surface area contributed by atoms with E-state index in [-0.39, 0.29) is 0 Å². The summed E-state index contributed by atoms with van der Waals surface area (Å²) >= 11 is 1.55. The number of rotatable bonds is 5. The molecule has 0 saturated carbocycles. The molecule has 62 valence electrons. The van der Waals surface area contributed by atoms with Crippen LogP contribution in [0.25, 0.3) is 0 Å². The van der Waals surface area contributed by atoms with Crippen molar-refractivity contribution in [3.8, 4) is 5.19 Å². The Kier molecular flexibility index (Phi) is 3.98. The highest BCUT2D eigenvalue weighted by Gasteiger charge is 1.93. The quantitative estimate of drug-likeness (QED) is 0.635. The van der Waals surface area contributed by atoms with Crippen LogP contribution in [0.15, 0.2) is 11.6 Å². The van der Waals surface area contributed by atoms with Crippen LogP contribution in [0.3, 0.4) is 0 Å². The van der Waals surface area contributed by atoms with Crippen molar-refractivity contribution in [1.29, 1.82) is 0 Å². The minimum atomic E-state index is 0.793. The van der Waals surface area contributed by atoms with Gasteiger partial charge in [0.05, 0.1) is 6.61 Å². The van der Waals surface area contributed by atoms with Gasteiger partial charge in [-0.25, -0.2) is 4.98 Å². The summed E-state index contributed by atoms with van der Waals surface area (Å²) in [5.41, 5.74) is 0. The molecule has 0 aliphatic carbocycles. The number of hydrogen-bond donors (Lipinski definition) is 0. The van der Waals surface area contributed by atoms with Gasteiger partial charge >= 0.3 is 0 Å². The first-order valence-corrected chi connectivity index (χ1v) is 4.83. The lowest BCUT2D eigenvalue weighted by atomic mass is 10.3. The van der Waals surface area contributed by atoms with E-state index in [9.17, 15) is 0 Å². The van der Waals surface area contributed by atoms with E-state index < -0.39 is 0 Å². The second-order valence-corrected chi connectivity index (χ2v) is 3.21. The molecule has 11 heavy (non-hydrogen) atoms. The molecule has 0 fully saturated rings. The van der Waals surface area contributed by atoms with Crippen LogP contribution in [-0.4, -0.2) is 11.6 Å². The van der Waals surface area contributed by atoms with Crippen LogP contribution in [0.5, 0.6) is 5.19 Å². The fourth-order valence-corrected chi connectivity index (χ4v) is 1.30. The van der Waals surface area contributed by atoms with Crippen molar-refractivity contribution in [2.75, 3.05) is 6.61 Å². The predicted octanol–water partition coefficient (Wildman–Crippen LogP) is 2.71. The first kappa shape index (κ1) is 8.53. The number of aromatic nitrogens is 1. The van der Waals surface area contributed by atoms with Crippen molar-refractivity contribution in [2.45, 2.75) is 26.2 Å². The molecule has 1 rings (SSSR count). The molecule has 0 saturated heterocycles. The summed E-state index contributed by atoms with van der Waals surface area (Å²) in [5.74, 6) is 0. The predicted molar refractivity (Wildman–Crippen MR) is 47.1 cm³/mol. The molecule has 1 heterocycles. The SMILES string of the molecule is CCCCCOc1nccs1. The van der Waals surface area contributed by atoms with E-state index in [0.717, 1.165) is 18.2 Å². The smallest absolute Gasteiger partial charge is 0.273 e. The molecule has 0 aliphatic heterocycles. The fourth-order valence-electron chi connectivity index (χ4n) is 0.793. The Balaban J connectivity index is 2.04. The first-order chi connectivity index (χ1) is 5.43. The molecular formula is C8H13NOS. The lowest BCUT2D eigenvalue weighted by molar-refractivity contribution is 0.305. The maximum absolute atomic E-state index is 5.36. The van der Waals surface area contributed by atoms with E-state index in [1.807, 2.05) is 5.38 Å². The van der Waals surface area contributed by atoms with E-state index >= 15 is 0 Å². The molecular weight excluding hydrogens is 158 g/mol. The zero-order valence-corrected chi connectivity index (χ0v) is 7.56. The van der Waals surface area contributed by atoms with Gasteiger partial charge in [-0.05, 0) is 6.42 Å². The highest BCUT2D eigenvalue weighted by atomic mass is 32.1. The molecule has 0 aliphatic rings. The van der Waals surface area contributed by atoms with Gasteiger partial charge < -0.3 is 4.74 Å². The Morgan fingerprint density at radius 2 is 2.45 bits per heavy atom. The van der Waals surface area contributed by atoms with Gasteiger partial charge in [-0.1, -0.05) is 31.1 Å². The summed E-state index contributed by atoms with van der Waals surface area (Å²) in [7, 11) is 0. The van der Waals surface area contributed by atoms with Crippen LogP contribution >= 0.6 is 11.3 Å². The van der Waals surface area contributed by atoms with E-state index in [2.05, 4.69) is 11.9 Å². The minimum absolute atomic E-state index is 0.793. The minimum Gasteiger partial charge on any atom is -0.470 e. The Bertz CT molecular complexity index is 174.